The minimum absolute atomic E-state index is 0.192. The first-order valence-corrected chi connectivity index (χ1v) is 9.71. The Hall–Kier alpha value is -1.85. The molecule has 0 bridgehead atoms. The van der Waals surface area contributed by atoms with Crippen molar-refractivity contribution in [2.75, 3.05) is 25.5 Å². The van der Waals surface area contributed by atoms with Gasteiger partial charge in [0.25, 0.3) is 0 Å². The highest BCUT2D eigenvalue weighted by Crippen LogP contribution is 2.61. The van der Waals surface area contributed by atoms with Crippen LogP contribution in [0.25, 0.3) is 0 Å². The number of ether oxygens (including phenoxy) is 1. The lowest BCUT2D eigenvalue weighted by Crippen LogP contribution is -3.17. The summed E-state index contributed by atoms with van der Waals surface area (Å²) in [5.74, 6) is -0.513. The summed E-state index contributed by atoms with van der Waals surface area (Å²) in [6.07, 6.45) is 6.85. The van der Waals surface area contributed by atoms with E-state index >= 15 is 0 Å². The summed E-state index contributed by atoms with van der Waals surface area (Å²) in [6.45, 7) is 4.28. The minimum atomic E-state index is -1.53. The number of para-hydroxylation sites is 1. The van der Waals surface area contributed by atoms with Gasteiger partial charge in [0.05, 0.1) is 31.7 Å². The van der Waals surface area contributed by atoms with Crippen LogP contribution < -0.4 is 10.2 Å². The quantitative estimate of drug-likeness (QED) is 0.539. The maximum atomic E-state index is 12.8. The van der Waals surface area contributed by atoms with Crippen molar-refractivity contribution in [1.82, 2.24) is 0 Å². The molecule has 0 amide bonds. The van der Waals surface area contributed by atoms with Crippen molar-refractivity contribution in [3.8, 4) is 0 Å². The van der Waals surface area contributed by atoms with E-state index in [-0.39, 0.29) is 16.9 Å². The number of hydrogen-bond donors (Lipinski definition) is 3. The summed E-state index contributed by atoms with van der Waals surface area (Å²) in [5.41, 5.74) is 0.358. The van der Waals surface area contributed by atoms with Crippen LogP contribution in [0.15, 0.2) is 36.4 Å². The van der Waals surface area contributed by atoms with Crippen LogP contribution in [0, 0.1) is 5.41 Å². The third kappa shape index (κ3) is 1.66. The van der Waals surface area contributed by atoms with E-state index in [2.05, 4.69) is 42.6 Å². The molecule has 0 radical (unpaired) electrons. The molecule has 26 heavy (non-hydrogen) atoms. The Bertz CT molecular complexity index is 808. The number of esters is 1. The van der Waals surface area contributed by atoms with Crippen LogP contribution in [-0.4, -0.2) is 49.0 Å². The molecule has 6 atom stereocenters. The predicted molar refractivity (Wildman–Crippen MR) is 98.1 cm³/mol. The van der Waals surface area contributed by atoms with E-state index in [4.69, 9.17) is 4.74 Å². The average molecular weight is 355 g/mol. The second-order valence-corrected chi connectivity index (χ2v) is 8.54. The molecular formula is C21H27N2O3+. The van der Waals surface area contributed by atoms with E-state index in [0.717, 1.165) is 31.6 Å². The molecule has 3 aliphatic heterocycles. The maximum Gasteiger partial charge on any atom is 0.340 e. The largest absolute Gasteiger partial charge is 0.467 e. The average Bonchev–Trinajstić information content (AvgIpc) is 3.23. The number of methoxy groups -OCH3 is 1. The molecule has 2 fully saturated rings. The standard InChI is InChI=1S/C21H26N2O3/c1-3-19-9-6-11-23-12-10-20(17(19)23)14-7-4-5-8-15(14)22-16(20)21(25,13-19)18(24)26-2/h4-9,16-17,22,25H,3,10-13H2,1-2H3/p+1/t16-,17+,19+,20+,21-/m1/s1. The van der Waals surface area contributed by atoms with E-state index in [9.17, 15) is 9.90 Å². The Labute approximate surface area is 154 Å². The molecule has 3 heterocycles. The first-order valence-electron chi connectivity index (χ1n) is 9.71. The van der Waals surface area contributed by atoms with Gasteiger partial charge in [-0.2, -0.15) is 0 Å². The van der Waals surface area contributed by atoms with Crippen LogP contribution in [-0.2, 0) is 14.9 Å². The van der Waals surface area contributed by atoms with Gasteiger partial charge >= 0.3 is 5.97 Å². The lowest BCUT2D eigenvalue weighted by Gasteiger charge is -2.57. The molecule has 3 N–H and O–H groups in total. The molecule has 5 rings (SSSR count). The molecule has 0 aromatic heterocycles. The molecule has 1 spiro atoms. The number of benzene rings is 1. The molecule has 5 nitrogen and oxygen atoms in total. The number of quaternary nitrogens is 1. The van der Waals surface area contributed by atoms with E-state index in [1.165, 1.54) is 12.7 Å². The second kappa shape index (κ2) is 5.11. The Morgan fingerprint density at radius 2 is 2.23 bits per heavy atom. The SMILES string of the molecule is CC[C@]12C=CC[NH+]3CC[C@@]4(c5ccccc5N[C@H]4[C@@](O)(C(=O)OC)C1)[C@@H]32. The summed E-state index contributed by atoms with van der Waals surface area (Å²) in [6, 6.07) is 8.39. The number of aliphatic hydroxyl groups is 1. The molecule has 1 saturated carbocycles. The second-order valence-electron chi connectivity index (χ2n) is 8.54. The fraction of sp³-hybridized carbons (Fsp3) is 0.571. The Morgan fingerprint density at radius 1 is 1.42 bits per heavy atom. The Morgan fingerprint density at radius 3 is 3.00 bits per heavy atom. The molecule has 4 aliphatic rings. The summed E-state index contributed by atoms with van der Waals surface area (Å²) < 4.78 is 5.11. The molecule has 1 aromatic rings. The molecule has 1 aromatic carbocycles. The van der Waals surface area contributed by atoms with Gasteiger partial charge < -0.3 is 20.1 Å². The lowest BCUT2D eigenvalue weighted by molar-refractivity contribution is -0.919. The normalized spacial score (nSPS) is 44.7. The molecular weight excluding hydrogens is 328 g/mol. The fourth-order valence-electron chi connectivity index (χ4n) is 6.88. The summed E-state index contributed by atoms with van der Waals surface area (Å²) in [7, 11) is 1.38. The zero-order valence-corrected chi connectivity index (χ0v) is 15.4. The first-order chi connectivity index (χ1) is 12.5. The van der Waals surface area contributed by atoms with Gasteiger partial charge in [-0.25, -0.2) is 4.79 Å². The van der Waals surface area contributed by atoms with Crippen LogP contribution >= 0.6 is 0 Å². The van der Waals surface area contributed by atoms with Gasteiger partial charge in [0, 0.05) is 23.9 Å². The van der Waals surface area contributed by atoms with Crippen molar-refractivity contribution in [2.24, 2.45) is 5.41 Å². The number of carbonyl (C=O) groups is 1. The van der Waals surface area contributed by atoms with Gasteiger partial charge in [-0.3, -0.25) is 0 Å². The van der Waals surface area contributed by atoms with Gasteiger partial charge in [0.2, 0.25) is 0 Å². The molecule has 1 unspecified atom stereocenters. The molecule has 1 saturated heterocycles. The predicted octanol–water partition coefficient (Wildman–Crippen LogP) is 0.650. The number of hydrogen-bond acceptors (Lipinski definition) is 4. The lowest BCUT2D eigenvalue weighted by atomic mass is 9.49. The number of rotatable bonds is 2. The van der Waals surface area contributed by atoms with Gasteiger partial charge in [-0.05, 0) is 24.1 Å². The van der Waals surface area contributed by atoms with Crippen LogP contribution in [0.4, 0.5) is 5.69 Å². The third-order valence-corrected chi connectivity index (χ3v) is 7.70. The van der Waals surface area contributed by atoms with Gasteiger partial charge in [-0.15, -0.1) is 0 Å². The van der Waals surface area contributed by atoms with Crippen LogP contribution in [0.2, 0.25) is 0 Å². The van der Waals surface area contributed by atoms with Crippen LogP contribution in [0.1, 0.15) is 31.7 Å². The highest BCUT2D eigenvalue weighted by molar-refractivity contribution is 5.84. The van der Waals surface area contributed by atoms with Crippen molar-refractivity contribution in [3.63, 3.8) is 0 Å². The van der Waals surface area contributed by atoms with Gasteiger partial charge in [0.15, 0.2) is 5.60 Å². The number of fused-ring (bicyclic) bond motifs is 1. The topological polar surface area (TPSA) is 63.0 Å². The number of carbonyl (C=O) groups excluding carboxylic acids is 1. The Kier molecular flexibility index (Phi) is 3.21. The number of nitrogens with one attached hydrogen (secondary N) is 2. The van der Waals surface area contributed by atoms with Gasteiger partial charge in [0.1, 0.15) is 6.04 Å². The minimum Gasteiger partial charge on any atom is -0.467 e. The maximum absolute atomic E-state index is 12.8. The zero-order chi connectivity index (χ0) is 18.2. The highest BCUT2D eigenvalue weighted by Gasteiger charge is 2.76. The Balaban J connectivity index is 1.80. The van der Waals surface area contributed by atoms with Crippen LogP contribution in [0.5, 0.6) is 0 Å². The van der Waals surface area contributed by atoms with Crippen molar-refractivity contribution in [3.05, 3.63) is 42.0 Å². The van der Waals surface area contributed by atoms with Crippen molar-refractivity contribution in [1.29, 1.82) is 0 Å². The summed E-state index contributed by atoms with van der Waals surface area (Å²) in [5, 5.41) is 15.3. The number of anilines is 1. The molecule has 138 valence electrons. The summed E-state index contributed by atoms with van der Waals surface area (Å²) in [4.78, 5) is 14.4. The van der Waals surface area contributed by atoms with Crippen molar-refractivity contribution < 1.29 is 19.5 Å². The van der Waals surface area contributed by atoms with E-state index in [1.54, 1.807) is 4.90 Å². The molecule has 1 aliphatic carbocycles. The van der Waals surface area contributed by atoms with E-state index < -0.39 is 11.6 Å². The van der Waals surface area contributed by atoms with Crippen molar-refractivity contribution >= 4 is 11.7 Å². The fourth-order valence-corrected chi connectivity index (χ4v) is 6.88. The third-order valence-electron chi connectivity index (χ3n) is 7.70. The zero-order valence-electron chi connectivity index (χ0n) is 15.4. The monoisotopic (exact) mass is 355 g/mol. The molecule has 5 heteroatoms. The van der Waals surface area contributed by atoms with E-state index in [0.29, 0.717) is 12.5 Å². The smallest absolute Gasteiger partial charge is 0.340 e. The summed E-state index contributed by atoms with van der Waals surface area (Å²) >= 11 is 0. The van der Waals surface area contributed by atoms with Gasteiger partial charge in [-0.1, -0.05) is 31.2 Å². The van der Waals surface area contributed by atoms with Crippen molar-refractivity contribution in [2.45, 2.75) is 49.3 Å². The van der Waals surface area contributed by atoms with E-state index in [1.807, 2.05) is 6.07 Å². The van der Waals surface area contributed by atoms with Crippen LogP contribution in [0.3, 0.4) is 0 Å². The first kappa shape index (κ1) is 16.3. The highest BCUT2D eigenvalue weighted by atomic mass is 16.5.